The molecule has 0 fully saturated rings. The maximum Gasteiger partial charge on any atom is 0.268 e. The number of nitrogens with zero attached hydrogens (tertiary/aromatic N) is 1. The Kier molecular flexibility index (Phi) is 6.50. The first kappa shape index (κ1) is 26.0. The molecule has 2 unspecified atom stereocenters. The molecule has 3 heterocycles. The van der Waals surface area contributed by atoms with Crippen LogP contribution in [-0.4, -0.2) is 16.8 Å². The van der Waals surface area contributed by atoms with Crippen molar-refractivity contribution in [2.24, 2.45) is 17.1 Å². The van der Waals surface area contributed by atoms with E-state index in [0.29, 0.717) is 33.0 Å². The van der Waals surface area contributed by atoms with Gasteiger partial charge in [0.25, 0.3) is 11.8 Å². The molecule has 1 aromatic carbocycles. The van der Waals surface area contributed by atoms with Crippen molar-refractivity contribution in [3.63, 3.8) is 0 Å². The normalized spacial score (nSPS) is 18.9. The Labute approximate surface area is 236 Å². The molecule has 2 aliphatic carbocycles. The lowest BCUT2D eigenvalue weighted by molar-refractivity contribution is 0.100. The lowest BCUT2D eigenvalue weighted by Crippen LogP contribution is -2.27. The first-order valence-electron chi connectivity index (χ1n) is 13.6. The van der Waals surface area contributed by atoms with Crippen LogP contribution in [0, 0.1) is 11.3 Å². The molecular formula is C31H34N4O2S2. The Bertz CT molecular complexity index is 1600. The summed E-state index contributed by atoms with van der Waals surface area (Å²) in [4.78, 5) is 33.3. The van der Waals surface area contributed by atoms with E-state index >= 15 is 0 Å². The third kappa shape index (κ3) is 4.74. The maximum absolute atomic E-state index is 13.5. The second kappa shape index (κ2) is 9.75. The third-order valence-corrected chi connectivity index (χ3v) is 10.8. The van der Waals surface area contributed by atoms with E-state index in [-0.39, 0.29) is 11.3 Å². The number of aryl methyl sites for hydroxylation is 1. The molecule has 0 radical (unpaired) electrons. The minimum absolute atomic E-state index is 0.233. The largest absolute Gasteiger partial charge is 0.397 e. The zero-order chi connectivity index (χ0) is 27.5. The highest BCUT2D eigenvalue weighted by Crippen LogP contribution is 2.44. The smallest absolute Gasteiger partial charge is 0.268 e. The van der Waals surface area contributed by atoms with E-state index in [2.05, 4.69) is 56.4 Å². The van der Waals surface area contributed by atoms with Gasteiger partial charge in [-0.05, 0) is 78.5 Å². The average molecular weight is 559 g/mol. The molecule has 3 aromatic heterocycles. The van der Waals surface area contributed by atoms with Gasteiger partial charge in [0.15, 0.2) is 0 Å². The van der Waals surface area contributed by atoms with Crippen molar-refractivity contribution in [2.45, 2.75) is 65.2 Å². The van der Waals surface area contributed by atoms with Crippen LogP contribution in [0.3, 0.4) is 0 Å². The van der Waals surface area contributed by atoms with Crippen LogP contribution in [0.15, 0.2) is 36.4 Å². The Hall–Kier alpha value is -3.23. The molecular weight excluding hydrogens is 525 g/mol. The molecule has 0 bridgehead atoms. The number of rotatable bonds is 4. The molecule has 2 atom stereocenters. The number of hydrogen-bond acceptors (Lipinski definition) is 6. The summed E-state index contributed by atoms with van der Waals surface area (Å²) >= 11 is 2.78. The highest BCUT2D eigenvalue weighted by atomic mass is 32.1. The van der Waals surface area contributed by atoms with E-state index in [0.717, 1.165) is 64.9 Å². The molecule has 4 aromatic rings. The number of hydrogen-bond donors (Lipinski definition) is 3. The van der Waals surface area contributed by atoms with Gasteiger partial charge in [0, 0.05) is 16.0 Å². The number of pyridine rings is 1. The molecule has 0 spiro atoms. The summed E-state index contributed by atoms with van der Waals surface area (Å²) in [5.74, 6) is 0.148. The summed E-state index contributed by atoms with van der Waals surface area (Å²) in [6, 6.07) is 12.6. The highest BCUT2D eigenvalue weighted by molar-refractivity contribution is 7.21. The molecule has 0 saturated heterocycles. The number of nitrogens with two attached hydrogens (primary N) is 2. The lowest BCUT2D eigenvalue weighted by Gasteiger charge is -2.34. The van der Waals surface area contributed by atoms with Crippen molar-refractivity contribution < 1.29 is 9.59 Å². The van der Waals surface area contributed by atoms with Crippen molar-refractivity contribution in [3.05, 3.63) is 74.1 Å². The minimum Gasteiger partial charge on any atom is -0.397 e. The second-order valence-corrected chi connectivity index (χ2v) is 14.1. The number of anilines is 2. The van der Waals surface area contributed by atoms with Gasteiger partial charge in [-0.2, -0.15) is 0 Å². The Balaban J connectivity index is 1.29. The van der Waals surface area contributed by atoms with Crippen LogP contribution in [0.5, 0.6) is 0 Å². The number of aromatic nitrogens is 1. The number of thiophene rings is 2. The van der Waals surface area contributed by atoms with Crippen LogP contribution >= 0.6 is 22.7 Å². The predicted octanol–water partition coefficient (Wildman–Crippen LogP) is 6.71. The number of fused-ring (bicyclic) bond motifs is 3. The van der Waals surface area contributed by atoms with Gasteiger partial charge in [-0.3, -0.25) is 9.59 Å². The number of nitrogens with one attached hydrogen (secondary N) is 1. The summed E-state index contributed by atoms with van der Waals surface area (Å²) in [5.41, 5.74) is 18.1. The van der Waals surface area contributed by atoms with Gasteiger partial charge in [-0.15, -0.1) is 22.7 Å². The molecule has 0 aliphatic heterocycles. The fourth-order valence-corrected chi connectivity index (χ4v) is 8.52. The molecule has 5 N–H and O–H groups in total. The van der Waals surface area contributed by atoms with E-state index in [1.54, 1.807) is 0 Å². The van der Waals surface area contributed by atoms with Crippen molar-refractivity contribution >= 4 is 55.4 Å². The van der Waals surface area contributed by atoms with Crippen molar-refractivity contribution in [2.75, 3.05) is 11.1 Å². The van der Waals surface area contributed by atoms with Crippen LogP contribution in [0.1, 0.15) is 86.8 Å². The van der Waals surface area contributed by atoms with Gasteiger partial charge in [0.05, 0.1) is 11.3 Å². The number of amides is 2. The van der Waals surface area contributed by atoms with Crippen LogP contribution < -0.4 is 16.8 Å². The summed E-state index contributed by atoms with van der Waals surface area (Å²) in [7, 11) is 0. The van der Waals surface area contributed by atoms with Gasteiger partial charge in [0.1, 0.15) is 14.7 Å². The number of carbonyl (C=O) groups is 2. The molecule has 202 valence electrons. The minimum atomic E-state index is -0.506. The number of nitrogen functional groups attached to an aromatic ring is 1. The van der Waals surface area contributed by atoms with Gasteiger partial charge in [-0.25, -0.2) is 4.98 Å². The molecule has 6 rings (SSSR count). The SMILES string of the molecule is CC(C)(C)C1CCc2nc3sc(C(=O)Nc4sc5c(c4C(N)=O)CCC(c4ccccc4)C5)c(N)c3cc2C1. The fraction of sp³-hybridized carbons (Fsp3) is 0.387. The van der Waals surface area contributed by atoms with Crippen LogP contribution in [0.4, 0.5) is 10.7 Å². The third-order valence-electron chi connectivity index (χ3n) is 8.53. The molecule has 0 saturated carbocycles. The zero-order valence-electron chi connectivity index (χ0n) is 22.6. The van der Waals surface area contributed by atoms with Crippen LogP contribution in [0.25, 0.3) is 10.2 Å². The van der Waals surface area contributed by atoms with E-state index in [1.165, 1.54) is 33.8 Å². The summed E-state index contributed by atoms with van der Waals surface area (Å²) in [5, 5.41) is 4.35. The highest BCUT2D eigenvalue weighted by Gasteiger charge is 2.32. The Morgan fingerprint density at radius 3 is 2.54 bits per heavy atom. The Morgan fingerprint density at radius 2 is 1.82 bits per heavy atom. The van der Waals surface area contributed by atoms with Gasteiger partial charge >= 0.3 is 0 Å². The zero-order valence-corrected chi connectivity index (χ0v) is 24.2. The first-order valence-corrected chi connectivity index (χ1v) is 15.2. The standard InChI is InChI=1S/C31H34N4O2S2/c1-31(2,3)19-10-12-22-18(13-19)14-21-25(32)26(39-29(21)34-22)28(37)35-30-24(27(33)36)20-11-9-17(15-23(20)38-30)16-7-5-4-6-8-16/h4-8,14,17,19H,9-13,15,32H2,1-3H3,(H2,33,36)(H,35,37). The number of primary amides is 1. The van der Waals surface area contributed by atoms with Crippen molar-refractivity contribution in [3.8, 4) is 0 Å². The first-order chi connectivity index (χ1) is 18.6. The number of benzene rings is 1. The topological polar surface area (TPSA) is 111 Å². The lowest BCUT2D eigenvalue weighted by atomic mass is 9.71. The van der Waals surface area contributed by atoms with Crippen molar-refractivity contribution in [1.82, 2.24) is 4.98 Å². The van der Waals surface area contributed by atoms with Crippen LogP contribution in [0.2, 0.25) is 0 Å². The van der Waals surface area contributed by atoms with Gasteiger partial charge in [-0.1, -0.05) is 51.1 Å². The van der Waals surface area contributed by atoms with E-state index in [9.17, 15) is 9.59 Å². The predicted molar refractivity (Wildman–Crippen MR) is 161 cm³/mol. The Morgan fingerprint density at radius 1 is 1.05 bits per heavy atom. The maximum atomic E-state index is 13.5. The van der Waals surface area contributed by atoms with E-state index in [1.807, 2.05) is 6.07 Å². The quantitative estimate of drug-likeness (QED) is 0.258. The van der Waals surface area contributed by atoms with Gasteiger partial charge < -0.3 is 16.8 Å². The average Bonchev–Trinajstić information content (AvgIpc) is 3.43. The second-order valence-electron chi connectivity index (χ2n) is 12.0. The molecule has 39 heavy (non-hydrogen) atoms. The monoisotopic (exact) mass is 558 g/mol. The van der Waals surface area contributed by atoms with Crippen molar-refractivity contribution in [1.29, 1.82) is 0 Å². The summed E-state index contributed by atoms with van der Waals surface area (Å²) < 4.78 is 0. The number of carbonyl (C=O) groups excluding carboxylic acids is 2. The molecule has 8 heteroatoms. The molecule has 6 nitrogen and oxygen atoms in total. The van der Waals surface area contributed by atoms with E-state index < -0.39 is 5.91 Å². The van der Waals surface area contributed by atoms with E-state index in [4.69, 9.17) is 16.5 Å². The van der Waals surface area contributed by atoms with Crippen LogP contribution in [-0.2, 0) is 25.7 Å². The summed E-state index contributed by atoms with van der Waals surface area (Å²) in [6.45, 7) is 6.88. The molecule has 2 aliphatic rings. The fourth-order valence-electron chi connectivity index (χ4n) is 6.20. The van der Waals surface area contributed by atoms with Gasteiger partial charge in [0.2, 0.25) is 0 Å². The molecule has 2 amide bonds. The summed E-state index contributed by atoms with van der Waals surface area (Å²) in [6.07, 6.45) is 5.57.